The Bertz CT molecular complexity index is 846. The summed E-state index contributed by atoms with van der Waals surface area (Å²) in [6.07, 6.45) is 3.37. The van der Waals surface area contributed by atoms with Crippen LogP contribution in [0.15, 0.2) is 55.0 Å². The Morgan fingerprint density at radius 3 is 2.19 bits per heavy atom. The van der Waals surface area contributed by atoms with Crippen molar-refractivity contribution in [1.29, 1.82) is 0 Å². The lowest BCUT2D eigenvalue weighted by Crippen LogP contribution is -2.47. The molecule has 0 atom stereocenters. The first-order valence-electron chi connectivity index (χ1n) is 9.16. The molecule has 0 N–H and O–H groups in total. The van der Waals surface area contributed by atoms with Crippen molar-refractivity contribution in [2.45, 2.75) is 6.92 Å². The zero-order valence-electron chi connectivity index (χ0n) is 15.3. The van der Waals surface area contributed by atoms with E-state index in [9.17, 15) is 0 Å². The Kier molecular flexibility index (Phi) is 5.09. The first-order chi connectivity index (χ1) is 13.3. The summed E-state index contributed by atoms with van der Waals surface area (Å²) in [7, 11) is 0. The molecule has 4 rings (SSSR count). The Balaban J connectivity index is 1.39. The molecule has 0 unspecified atom stereocenters. The molecule has 1 saturated heterocycles. The predicted octanol–water partition coefficient (Wildman–Crippen LogP) is 2.66. The van der Waals surface area contributed by atoms with Gasteiger partial charge in [-0.2, -0.15) is 0 Å². The van der Waals surface area contributed by atoms with Crippen LogP contribution in [0, 0.1) is 0 Å². The highest BCUT2D eigenvalue weighted by Crippen LogP contribution is 2.22. The van der Waals surface area contributed by atoms with E-state index in [1.165, 1.54) is 0 Å². The average molecular weight is 362 g/mol. The fourth-order valence-electron chi connectivity index (χ4n) is 3.17. The zero-order valence-corrected chi connectivity index (χ0v) is 15.3. The lowest BCUT2D eigenvalue weighted by atomic mass is 10.1. The fraction of sp³-hybridized carbons (Fsp3) is 0.300. The standard InChI is InChI=1S/C20H22N6O/c1-2-27-17-5-3-16(4-6-17)18-7-8-20(24-23-18)26-13-11-25(12-14-26)19-9-10-21-15-22-19/h3-10,15H,2,11-14H2,1H3. The number of nitrogens with zero attached hydrogens (tertiary/aromatic N) is 6. The quantitative estimate of drug-likeness (QED) is 0.691. The number of hydrogen-bond donors (Lipinski definition) is 0. The number of piperazine rings is 1. The van der Waals surface area contributed by atoms with E-state index in [-0.39, 0.29) is 0 Å². The van der Waals surface area contributed by atoms with Gasteiger partial charge >= 0.3 is 0 Å². The molecule has 7 heteroatoms. The molecule has 0 amide bonds. The second-order valence-corrected chi connectivity index (χ2v) is 6.28. The van der Waals surface area contributed by atoms with E-state index in [4.69, 9.17) is 4.74 Å². The number of anilines is 2. The van der Waals surface area contributed by atoms with Gasteiger partial charge in [0.2, 0.25) is 0 Å². The Hall–Kier alpha value is -3.22. The van der Waals surface area contributed by atoms with Crippen LogP contribution in [-0.4, -0.2) is 53.0 Å². The largest absolute Gasteiger partial charge is 0.494 e. The minimum Gasteiger partial charge on any atom is -0.494 e. The van der Waals surface area contributed by atoms with Crippen molar-refractivity contribution in [3.05, 3.63) is 55.0 Å². The van der Waals surface area contributed by atoms with Gasteiger partial charge < -0.3 is 14.5 Å². The number of benzene rings is 1. The predicted molar refractivity (Wildman–Crippen MR) is 105 cm³/mol. The summed E-state index contributed by atoms with van der Waals surface area (Å²) < 4.78 is 5.48. The molecule has 7 nitrogen and oxygen atoms in total. The van der Waals surface area contributed by atoms with Crippen molar-refractivity contribution in [3.63, 3.8) is 0 Å². The van der Waals surface area contributed by atoms with Crippen molar-refractivity contribution in [1.82, 2.24) is 20.2 Å². The molecule has 3 heterocycles. The summed E-state index contributed by atoms with van der Waals surface area (Å²) >= 11 is 0. The molecular formula is C20H22N6O. The van der Waals surface area contributed by atoms with Crippen molar-refractivity contribution in [2.24, 2.45) is 0 Å². The van der Waals surface area contributed by atoms with E-state index in [0.717, 1.165) is 54.8 Å². The lowest BCUT2D eigenvalue weighted by Gasteiger charge is -2.35. The second kappa shape index (κ2) is 7.99. The van der Waals surface area contributed by atoms with Gasteiger partial charge in [-0.05, 0) is 49.4 Å². The first-order valence-corrected chi connectivity index (χ1v) is 9.16. The minimum atomic E-state index is 0.665. The highest BCUT2D eigenvalue weighted by molar-refractivity contribution is 5.60. The molecule has 0 aliphatic carbocycles. The van der Waals surface area contributed by atoms with E-state index >= 15 is 0 Å². The molecule has 138 valence electrons. The summed E-state index contributed by atoms with van der Waals surface area (Å²) in [5.41, 5.74) is 1.90. The zero-order chi connectivity index (χ0) is 18.5. The van der Waals surface area contributed by atoms with Crippen LogP contribution < -0.4 is 14.5 Å². The van der Waals surface area contributed by atoms with Gasteiger partial charge in [-0.1, -0.05) is 0 Å². The van der Waals surface area contributed by atoms with Gasteiger partial charge in [-0.15, -0.1) is 10.2 Å². The van der Waals surface area contributed by atoms with E-state index in [0.29, 0.717) is 6.61 Å². The Labute approximate surface area is 158 Å². The summed E-state index contributed by atoms with van der Waals surface area (Å²) in [5.74, 6) is 2.75. The lowest BCUT2D eigenvalue weighted by molar-refractivity contribution is 0.340. The van der Waals surface area contributed by atoms with Crippen LogP contribution in [-0.2, 0) is 0 Å². The molecule has 1 aromatic carbocycles. The van der Waals surface area contributed by atoms with Crippen LogP contribution in [0.2, 0.25) is 0 Å². The maximum Gasteiger partial charge on any atom is 0.151 e. The Morgan fingerprint density at radius 2 is 1.59 bits per heavy atom. The third-order valence-corrected chi connectivity index (χ3v) is 4.61. The van der Waals surface area contributed by atoms with Crippen molar-refractivity contribution >= 4 is 11.6 Å². The highest BCUT2D eigenvalue weighted by atomic mass is 16.5. The molecule has 1 aliphatic heterocycles. The molecule has 0 bridgehead atoms. The molecule has 2 aromatic heterocycles. The smallest absolute Gasteiger partial charge is 0.151 e. The van der Waals surface area contributed by atoms with Crippen molar-refractivity contribution < 1.29 is 4.74 Å². The van der Waals surface area contributed by atoms with Gasteiger partial charge in [0.05, 0.1) is 12.3 Å². The SMILES string of the molecule is CCOc1ccc(-c2ccc(N3CCN(c4ccncn4)CC3)nn2)cc1. The van der Waals surface area contributed by atoms with Gasteiger partial charge in [0, 0.05) is 37.9 Å². The first kappa shape index (κ1) is 17.2. The third-order valence-electron chi connectivity index (χ3n) is 4.61. The molecular weight excluding hydrogens is 340 g/mol. The van der Waals surface area contributed by atoms with E-state index < -0.39 is 0 Å². The van der Waals surface area contributed by atoms with Crippen LogP contribution >= 0.6 is 0 Å². The highest BCUT2D eigenvalue weighted by Gasteiger charge is 2.19. The van der Waals surface area contributed by atoms with Gasteiger partial charge in [-0.25, -0.2) is 9.97 Å². The van der Waals surface area contributed by atoms with E-state index in [1.807, 2.05) is 49.4 Å². The van der Waals surface area contributed by atoms with Crippen LogP contribution in [0.3, 0.4) is 0 Å². The summed E-state index contributed by atoms with van der Waals surface area (Å²) in [6, 6.07) is 13.9. The molecule has 1 fully saturated rings. The minimum absolute atomic E-state index is 0.665. The molecule has 1 aliphatic rings. The summed E-state index contributed by atoms with van der Waals surface area (Å²) in [4.78, 5) is 12.8. The molecule has 0 saturated carbocycles. The van der Waals surface area contributed by atoms with E-state index in [2.05, 4.69) is 30.0 Å². The van der Waals surface area contributed by atoms with E-state index in [1.54, 1.807) is 12.5 Å². The fourth-order valence-corrected chi connectivity index (χ4v) is 3.17. The van der Waals surface area contributed by atoms with Crippen LogP contribution in [0.5, 0.6) is 5.75 Å². The molecule has 3 aromatic rings. The van der Waals surface area contributed by atoms with Crippen LogP contribution in [0.1, 0.15) is 6.92 Å². The Morgan fingerprint density at radius 1 is 0.852 bits per heavy atom. The maximum absolute atomic E-state index is 5.48. The number of ether oxygens (including phenoxy) is 1. The average Bonchev–Trinajstić information content (AvgIpc) is 2.75. The van der Waals surface area contributed by atoms with Crippen molar-refractivity contribution in [2.75, 3.05) is 42.6 Å². The van der Waals surface area contributed by atoms with Crippen LogP contribution in [0.25, 0.3) is 11.3 Å². The van der Waals surface area contributed by atoms with Gasteiger partial charge in [0.15, 0.2) is 5.82 Å². The summed E-state index contributed by atoms with van der Waals surface area (Å²) in [5, 5.41) is 8.85. The molecule has 27 heavy (non-hydrogen) atoms. The maximum atomic E-state index is 5.48. The van der Waals surface area contributed by atoms with Crippen molar-refractivity contribution in [3.8, 4) is 17.0 Å². The normalized spacial score (nSPS) is 14.3. The second-order valence-electron chi connectivity index (χ2n) is 6.28. The van der Waals surface area contributed by atoms with Gasteiger partial charge in [-0.3, -0.25) is 0 Å². The van der Waals surface area contributed by atoms with Crippen LogP contribution in [0.4, 0.5) is 11.6 Å². The summed E-state index contributed by atoms with van der Waals surface area (Å²) in [6.45, 7) is 6.23. The number of hydrogen-bond acceptors (Lipinski definition) is 7. The topological polar surface area (TPSA) is 67.3 Å². The monoisotopic (exact) mass is 362 g/mol. The molecule has 0 radical (unpaired) electrons. The van der Waals surface area contributed by atoms with Gasteiger partial charge in [0.25, 0.3) is 0 Å². The number of rotatable bonds is 5. The van der Waals surface area contributed by atoms with Gasteiger partial charge in [0.1, 0.15) is 17.9 Å². The molecule has 0 spiro atoms. The third kappa shape index (κ3) is 3.97. The number of aromatic nitrogens is 4.